The molecular weight excluding hydrogens is 238 g/mol. The fraction of sp³-hybridized carbons (Fsp3) is 0.583. The van der Waals surface area contributed by atoms with E-state index in [1.807, 2.05) is 4.90 Å². The Morgan fingerprint density at radius 3 is 3.12 bits per heavy atom. The number of carbonyl (C=O) groups excluding carboxylic acids is 1. The Morgan fingerprint density at radius 2 is 2.35 bits per heavy atom. The van der Waals surface area contributed by atoms with Gasteiger partial charge in [0.15, 0.2) is 0 Å². The van der Waals surface area contributed by atoms with Gasteiger partial charge < -0.3 is 15.2 Å². The van der Waals surface area contributed by atoms with E-state index in [1.165, 1.54) is 6.42 Å². The van der Waals surface area contributed by atoms with Crippen molar-refractivity contribution in [1.29, 1.82) is 0 Å². The lowest BCUT2D eigenvalue weighted by molar-refractivity contribution is 0.0657. The molecule has 0 radical (unpaired) electrons. The number of halogens is 1. The summed E-state index contributed by atoms with van der Waals surface area (Å²) in [5, 5.41) is 4.08. The van der Waals surface area contributed by atoms with Crippen molar-refractivity contribution >= 4 is 17.5 Å². The van der Waals surface area contributed by atoms with Gasteiger partial charge in [-0.05, 0) is 31.4 Å². The van der Waals surface area contributed by atoms with Gasteiger partial charge >= 0.3 is 0 Å². The highest BCUT2D eigenvalue weighted by molar-refractivity contribution is 6.30. The van der Waals surface area contributed by atoms with Crippen LogP contribution in [-0.2, 0) is 0 Å². The van der Waals surface area contributed by atoms with Crippen LogP contribution in [0.3, 0.4) is 0 Å². The summed E-state index contributed by atoms with van der Waals surface area (Å²) in [5.41, 5.74) is 0.597. The smallest absolute Gasteiger partial charge is 0.270 e. The molecule has 0 spiro atoms. The van der Waals surface area contributed by atoms with E-state index < -0.39 is 0 Å². The Morgan fingerprint density at radius 1 is 1.47 bits per heavy atom. The molecule has 3 heterocycles. The number of amides is 1. The molecule has 2 fully saturated rings. The Hall–Kier alpha value is -1.00. The van der Waals surface area contributed by atoms with E-state index in [0.717, 1.165) is 26.1 Å². The van der Waals surface area contributed by atoms with Crippen LogP contribution in [0.15, 0.2) is 12.3 Å². The lowest BCUT2D eigenvalue weighted by atomic mass is 9.93. The van der Waals surface area contributed by atoms with E-state index in [-0.39, 0.29) is 5.91 Å². The summed E-state index contributed by atoms with van der Waals surface area (Å²) in [7, 11) is 0. The fourth-order valence-electron chi connectivity index (χ4n) is 2.89. The standard InChI is InChI=1S/C12H16ClN3O/c13-9-5-11(15-6-9)12(17)16-4-2-10-8(7-16)1-3-14-10/h5-6,8,10,14-15H,1-4,7H2. The Bertz CT molecular complexity index is 431. The average molecular weight is 254 g/mol. The van der Waals surface area contributed by atoms with Crippen LogP contribution in [0.4, 0.5) is 0 Å². The van der Waals surface area contributed by atoms with Crippen LogP contribution in [0.25, 0.3) is 0 Å². The average Bonchev–Trinajstić information content (AvgIpc) is 2.95. The molecule has 1 aromatic heterocycles. The predicted octanol–water partition coefficient (Wildman–Crippen LogP) is 1.49. The van der Waals surface area contributed by atoms with Gasteiger partial charge in [0.25, 0.3) is 5.91 Å². The Balaban J connectivity index is 1.70. The molecule has 4 nitrogen and oxygen atoms in total. The molecule has 17 heavy (non-hydrogen) atoms. The number of nitrogens with one attached hydrogen (secondary N) is 2. The maximum Gasteiger partial charge on any atom is 0.270 e. The van der Waals surface area contributed by atoms with Gasteiger partial charge in [-0.2, -0.15) is 0 Å². The number of rotatable bonds is 1. The summed E-state index contributed by atoms with van der Waals surface area (Å²) in [4.78, 5) is 17.1. The van der Waals surface area contributed by atoms with Gasteiger partial charge in [-0.3, -0.25) is 4.79 Å². The van der Waals surface area contributed by atoms with E-state index in [1.54, 1.807) is 12.3 Å². The summed E-state index contributed by atoms with van der Waals surface area (Å²) in [6.45, 7) is 2.79. The van der Waals surface area contributed by atoms with Crippen molar-refractivity contribution in [1.82, 2.24) is 15.2 Å². The first-order valence-corrected chi connectivity index (χ1v) is 6.48. The summed E-state index contributed by atoms with van der Waals surface area (Å²) in [6, 6.07) is 2.31. The van der Waals surface area contributed by atoms with E-state index in [4.69, 9.17) is 11.6 Å². The zero-order chi connectivity index (χ0) is 11.8. The maximum absolute atomic E-state index is 12.2. The number of hydrogen-bond donors (Lipinski definition) is 2. The predicted molar refractivity (Wildman–Crippen MR) is 66.2 cm³/mol. The van der Waals surface area contributed by atoms with Gasteiger partial charge in [0.2, 0.25) is 0 Å². The molecule has 2 atom stereocenters. The van der Waals surface area contributed by atoms with Crippen molar-refractivity contribution in [2.75, 3.05) is 19.6 Å². The first-order valence-electron chi connectivity index (χ1n) is 6.10. The first kappa shape index (κ1) is 11.1. The van der Waals surface area contributed by atoms with Gasteiger partial charge in [-0.25, -0.2) is 0 Å². The van der Waals surface area contributed by atoms with Gasteiger partial charge in [0.05, 0.1) is 5.02 Å². The van der Waals surface area contributed by atoms with Crippen LogP contribution in [0, 0.1) is 5.92 Å². The molecule has 2 aliphatic rings. The number of likely N-dealkylation sites (tertiary alicyclic amines) is 1. The van der Waals surface area contributed by atoms with Crippen molar-refractivity contribution < 1.29 is 4.79 Å². The molecule has 0 aromatic carbocycles. The van der Waals surface area contributed by atoms with Crippen LogP contribution >= 0.6 is 11.6 Å². The summed E-state index contributed by atoms with van der Waals surface area (Å²) in [6.07, 6.45) is 3.89. The van der Waals surface area contributed by atoms with Crippen molar-refractivity contribution in [3.63, 3.8) is 0 Å². The Labute approximate surface area is 105 Å². The number of H-pyrrole nitrogens is 1. The number of hydrogen-bond acceptors (Lipinski definition) is 2. The third-order valence-corrected chi connectivity index (χ3v) is 4.04. The van der Waals surface area contributed by atoms with Crippen LogP contribution in [0.1, 0.15) is 23.3 Å². The summed E-state index contributed by atoms with van der Waals surface area (Å²) >= 11 is 5.82. The van der Waals surface area contributed by atoms with Crippen molar-refractivity contribution in [3.8, 4) is 0 Å². The Kier molecular flexibility index (Phi) is 2.84. The van der Waals surface area contributed by atoms with Crippen LogP contribution in [0.2, 0.25) is 5.02 Å². The molecular formula is C12H16ClN3O. The molecule has 92 valence electrons. The van der Waals surface area contributed by atoms with Crippen molar-refractivity contribution in [3.05, 3.63) is 23.0 Å². The molecule has 1 aromatic rings. The molecule has 1 amide bonds. The molecule has 2 N–H and O–H groups in total. The molecule has 3 rings (SSSR count). The molecule has 2 saturated heterocycles. The first-order chi connectivity index (χ1) is 8.24. The van der Waals surface area contributed by atoms with Crippen molar-refractivity contribution in [2.45, 2.75) is 18.9 Å². The third-order valence-electron chi connectivity index (χ3n) is 3.82. The highest BCUT2D eigenvalue weighted by Crippen LogP contribution is 2.25. The molecule has 0 aliphatic carbocycles. The van der Waals surface area contributed by atoms with E-state index in [0.29, 0.717) is 22.7 Å². The van der Waals surface area contributed by atoms with Gasteiger partial charge in [0.1, 0.15) is 5.69 Å². The minimum absolute atomic E-state index is 0.0715. The molecule has 2 unspecified atom stereocenters. The third kappa shape index (κ3) is 2.07. The highest BCUT2D eigenvalue weighted by Gasteiger charge is 2.34. The number of aromatic amines is 1. The highest BCUT2D eigenvalue weighted by atomic mass is 35.5. The topological polar surface area (TPSA) is 48.1 Å². The second-order valence-corrected chi connectivity index (χ2v) is 5.32. The monoisotopic (exact) mass is 253 g/mol. The SMILES string of the molecule is O=C(c1cc(Cl)c[nH]1)N1CCC2NCCC2C1. The van der Waals surface area contributed by atoms with E-state index in [9.17, 15) is 4.79 Å². The van der Waals surface area contributed by atoms with Gasteiger partial charge in [-0.15, -0.1) is 0 Å². The fourth-order valence-corrected chi connectivity index (χ4v) is 3.06. The lowest BCUT2D eigenvalue weighted by Crippen LogP contribution is -2.46. The van der Waals surface area contributed by atoms with Crippen LogP contribution in [0.5, 0.6) is 0 Å². The lowest BCUT2D eigenvalue weighted by Gasteiger charge is -2.34. The summed E-state index contributed by atoms with van der Waals surface area (Å²) < 4.78 is 0. The minimum Gasteiger partial charge on any atom is -0.356 e. The van der Waals surface area contributed by atoms with Crippen LogP contribution < -0.4 is 5.32 Å². The zero-order valence-corrected chi connectivity index (χ0v) is 10.3. The van der Waals surface area contributed by atoms with E-state index >= 15 is 0 Å². The summed E-state index contributed by atoms with van der Waals surface area (Å²) in [5.74, 6) is 0.695. The second kappa shape index (κ2) is 4.35. The van der Waals surface area contributed by atoms with Gasteiger partial charge in [0, 0.05) is 25.3 Å². The number of piperidine rings is 1. The molecule has 2 aliphatic heterocycles. The minimum atomic E-state index is 0.0715. The van der Waals surface area contributed by atoms with Crippen molar-refractivity contribution in [2.24, 2.45) is 5.92 Å². The molecule has 0 saturated carbocycles. The molecule has 5 heteroatoms. The number of fused-ring (bicyclic) bond motifs is 1. The molecule has 0 bridgehead atoms. The van der Waals surface area contributed by atoms with E-state index in [2.05, 4.69) is 10.3 Å². The number of nitrogens with zero attached hydrogens (tertiary/aromatic N) is 1. The maximum atomic E-state index is 12.2. The second-order valence-electron chi connectivity index (χ2n) is 4.88. The normalized spacial score (nSPS) is 28.2. The number of carbonyl (C=O) groups is 1. The quantitative estimate of drug-likeness (QED) is 0.797. The van der Waals surface area contributed by atoms with Crippen LogP contribution in [-0.4, -0.2) is 41.5 Å². The van der Waals surface area contributed by atoms with Gasteiger partial charge in [-0.1, -0.05) is 11.6 Å². The largest absolute Gasteiger partial charge is 0.356 e. The number of aromatic nitrogens is 1. The zero-order valence-electron chi connectivity index (χ0n) is 9.58.